The molecule has 92 valence electrons. The molecule has 16 heavy (non-hydrogen) atoms. The Morgan fingerprint density at radius 1 is 1.25 bits per heavy atom. The topological polar surface area (TPSA) is 107 Å². The van der Waals surface area contributed by atoms with Crippen molar-refractivity contribution >= 4 is 7.82 Å². The summed E-state index contributed by atoms with van der Waals surface area (Å²) in [7, 11) is -4.64. The minimum absolute atomic E-state index is 0.738. The molecule has 1 aromatic rings. The molecule has 4 N–H and O–H groups in total. The Labute approximate surface area is 93.4 Å². The molecule has 0 aliphatic rings. The van der Waals surface area contributed by atoms with Gasteiger partial charge in [-0.1, -0.05) is 18.2 Å². The fraction of sp³-hybridized carbons (Fsp3) is 0.333. The van der Waals surface area contributed by atoms with Crippen molar-refractivity contribution in [3.63, 3.8) is 0 Å². The molecule has 0 saturated heterocycles. The van der Waals surface area contributed by atoms with E-state index in [1.807, 2.05) is 31.2 Å². The number of phosphoric acid groups is 1. The highest BCUT2D eigenvalue weighted by Crippen LogP contribution is 2.25. The van der Waals surface area contributed by atoms with Gasteiger partial charge < -0.3 is 24.5 Å². The van der Waals surface area contributed by atoms with Gasteiger partial charge in [0.25, 0.3) is 0 Å². The third-order valence-corrected chi connectivity index (χ3v) is 1.39. The number of ether oxygens (including phenoxy) is 1. The predicted octanol–water partition coefficient (Wildman–Crippen LogP) is 0.784. The molecule has 0 aromatic heterocycles. The third kappa shape index (κ3) is 9.64. The highest BCUT2D eigenvalue weighted by atomic mass is 31.2. The van der Waals surface area contributed by atoms with Crippen LogP contribution in [0.5, 0.6) is 5.75 Å². The lowest BCUT2D eigenvalue weighted by atomic mass is 10.2. The van der Waals surface area contributed by atoms with Gasteiger partial charge in [0, 0.05) is 0 Å². The van der Waals surface area contributed by atoms with Crippen LogP contribution in [0.2, 0.25) is 0 Å². The van der Waals surface area contributed by atoms with Gasteiger partial charge in [0.05, 0.1) is 0 Å². The van der Waals surface area contributed by atoms with Gasteiger partial charge in [-0.15, -0.1) is 0 Å². The van der Waals surface area contributed by atoms with E-state index in [2.05, 4.69) is 0 Å². The van der Waals surface area contributed by atoms with Gasteiger partial charge in [0.15, 0.2) is 6.29 Å². The molecule has 0 heterocycles. The molecule has 0 bridgehead atoms. The van der Waals surface area contributed by atoms with Gasteiger partial charge in [-0.25, -0.2) is 4.57 Å². The summed E-state index contributed by atoms with van der Waals surface area (Å²) in [5, 5.41) is 8.91. The zero-order chi connectivity index (χ0) is 12.8. The van der Waals surface area contributed by atoms with Crippen LogP contribution in [0, 0.1) is 6.92 Å². The highest BCUT2D eigenvalue weighted by molar-refractivity contribution is 7.45. The fourth-order valence-electron chi connectivity index (χ4n) is 0.872. The van der Waals surface area contributed by atoms with Crippen LogP contribution in [0.25, 0.3) is 0 Å². The van der Waals surface area contributed by atoms with Crippen LogP contribution in [0.15, 0.2) is 24.3 Å². The molecule has 0 amide bonds. The number of hydrogen-bond donors (Lipinski definition) is 4. The Morgan fingerprint density at radius 2 is 1.69 bits per heavy atom. The summed E-state index contributed by atoms with van der Waals surface area (Å²) in [6, 6.07) is 7.59. The summed E-state index contributed by atoms with van der Waals surface area (Å²) in [5.41, 5.74) is 1.04. The number of rotatable bonds is 2. The van der Waals surface area contributed by atoms with E-state index in [-0.39, 0.29) is 0 Å². The normalized spacial score (nSPS) is 12.4. The molecule has 1 unspecified atom stereocenters. The Kier molecular flexibility index (Phi) is 6.25. The number of aliphatic hydroxyl groups is 1. The van der Waals surface area contributed by atoms with Crippen molar-refractivity contribution in [3.05, 3.63) is 29.8 Å². The molecule has 0 radical (unpaired) electrons. The second-order valence-electron chi connectivity index (χ2n) is 3.00. The van der Waals surface area contributed by atoms with E-state index in [1.165, 1.54) is 0 Å². The Morgan fingerprint density at radius 3 is 2.06 bits per heavy atom. The molecule has 6 nitrogen and oxygen atoms in total. The fourth-order valence-corrected chi connectivity index (χ4v) is 0.872. The summed E-state index contributed by atoms with van der Waals surface area (Å²) in [5.74, 6) is 0.738. The first kappa shape index (κ1) is 15.1. The van der Waals surface area contributed by atoms with Crippen molar-refractivity contribution in [1.29, 1.82) is 0 Å². The molecular weight excluding hydrogens is 235 g/mol. The second kappa shape index (κ2) is 6.62. The smallest absolute Gasteiger partial charge is 0.465 e. The van der Waals surface area contributed by atoms with Gasteiger partial charge in [0.2, 0.25) is 0 Å². The first-order valence-electron chi connectivity index (χ1n) is 4.39. The lowest BCUT2D eigenvalue weighted by molar-refractivity contribution is -0.000805. The van der Waals surface area contributed by atoms with Crippen molar-refractivity contribution < 1.29 is 29.1 Å². The molecule has 1 aromatic carbocycles. The standard InChI is InChI=1S/C9H12O2.H3O4P/c1-7-5-3-4-6-9(7)11-8(2)10;1-5(2,3)4/h3-6,8,10H,1-2H3;(H3,1,2,3,4). The lowest BCUT2D eigenvalue weighted by Crippen LogP contribution is -2.10. The largest absolute Gasteiger partial charge is 0.466 e. The van der Waals surface area contributed by atoms with Gasteiger partial charge >= 0.3 is 7.82 Å². The maximum absolute atomic E-state index is 8.91. The van der Waals surface area contributed by atoms with Crippen LogP contribution in [-0.4, -0.2) is 26.1 Å². The molecule has 1 atom stereocenters. The molecule has 7 heteroatoms. The number of benzene rings is 1. The van der Waals surface area contributed by atoms with E-state index in [0.717, 1.165) is 11.3 Å². The van der Waals surface area contributed by atoms with E-state index in [9.17, 15) is 0 Å². The number of aryl methyl sites for hydroxylation is 1. The summed E-state index contributed by atoms with van der Waals surface area (Å²) in [6.45, 7) is 3.53. The molecule has 1 rings (SSSR count). The molecule has 0 saturated carbocycles. The van der Waals surface area contributed by atoms with Crippen LogP contribution in [0.3, 0.4) is 0 Å². The average molecular weight is 250 g/mol. The second-order valence-corrected chi connectivity index (χ2v) is 4.02. The van der Waals surface area contributed by atoms with E-state index >= 15 is 0 Å². The minimum Gasteiger partial charge on any atom is -0.465 e. The van der Waals surface area contributed by atoms with Gasteiger partial charge in [0.1, 0.15) is 5.75 Å². The number of aliphatic hydroxyl groups excluding tert-OH is 1. The SMILES string of the molecule is Cc1ccccc1OC(C)O.O=P(O)(O)O. The Bertz CT molecular complexity index is 351. The molecular formula is C9H15O6P. The minimum atomic E-state index is -4.64. The molecule has 0 aliphatic carbocycles. The number of para-hydroxylation sites is 1. The van der Waals surface area contributed by atoms with Crippen molar-refractivity contribution in [2.45, 2.75) is 20.1 Å². The Hall–Kier alpha value is -0.910. The van der Waals surface area contributed by atoms with Crippen molar-refractivity contribution in [3.8, 4) is 5.75 Å². The van der Waals surface area contributed by atoms with Crippen LogP contribution >= 0.6 is 7.82 Å². The molecule has 0 spiro atoms. The molecule has 0 fully saturated rings. The Balaban J connectivity index is 0.000000385. The maximum atomic E-state index is 8.91. The summed E-state index contributed by atoms with van der Waals surface area (Å²) in [4.78, 5) is 21.6. The maximum Gasteiger partial charge on any atom is 0.466 e. The summed E-state index contributed by atoms with van der Waals surface area (Å²) in [6.07, 6.45) is -0.740. The first-order chi connectivity index (χ1) is 7.20. The average Bonchev–Trinajstić information content (AvgIpc) is 2.05. The van der Waals surface area contributed by atoms with Gasteiger partial charge in [-0.3, -0.25) is 0 Å². The van der Waals surface area contributed by atoms with Crippen molar-refractivity contribution in [2.24, 2.45) is 0 Å². The van der Waals surface area contributed by atoms with Crippen molar-refractivity contribution in [2.75, 3.05) is 0 Å². The first-order valence-corrected chi connectivity index (χ1v) is 5.95. The lowest BCUT2D eigenvalue weighted by Gasteiger charge is -2.10. The van der Waals surface area contributed by atoms with E-state index in [0.29, 0.717) is 0 Å². The summed E-state index contributed by atoms with van der Waals surface area (Å²) >= 11 is 0. The molecule has 0 aliphatic heterocycles. The number of hydrogen-bond acceptors (Lipinski definition) is 3. The van der Waals surface area contributed by atoms with Crippen molar-refractivity contribution in [1.82, 2.24) is 0 Å². The van der Waals surface area contributed by atoms with E-state index < -0.39 is 14.1 Å². The van der Waals surface area contributed by atoms with Crippen LogP contribution in [0.4, 0.5) is 0 Å². The van der Waals surface area contributed by atoms with Crippen LogP contribution < -0.4 is 4.74 Å². The van der Waals surface area contributed by atoms with Gasteiger partial charge in [-0.2, -0.15) is 0 Å². The zero-order valence-corrected chi connectivity index (χ0v) is 9.83. The third-order valence-electron chi connectivity index (χ3n) is 1.39. The van der Waals surface area contributed by atoms with Gasteiger partial charge in [-0.05, 0) is 25.5 Å². The predicted molar refractivity (Wildman–Crippen MR) is 57.8 cm³/mol. The zero-order valence-electron chi connectivity index (χ0n) is 8.94. The summed E-state index contributed by atoms with van der Waals surface area (Å²) < 4.78 is 14.0. The van der Waals surface area contributed by atoms with Crippen LogP contribution in [-0.2, 0) is 4.57 Å². The van der Waals surface area contributed by atoms with E-state index in [4.69, 9.17) is 29.1 Å². The highest BCUT2D eigenvalue weighted by Gasteiger charge is 2.00. The van der Waals surface area contributed by atoms with E-state index in [1.54, 1.807) is 6.92 Å². The monoisotopic (exact) mass is 250 g/mol. The quantitative estimate of drug-likeness (QED) is 0.456. The van der Waals surface area contributed by atoms with Crippen LogP contribution in [0.1, 0.15) is 12.5 Å².